The first-order chi connectivity index (χ1) is 12.3. The minimum Gasteiger partial charge on any atom is -0.492 e. The topological polar surface area (TPSA) is 49.3 Å². The molecule has 6 nitrogen and oxygen atoms in total. The number of nitrogens with zero attached hydrogens (tertiary/aromatic N) is 3. The quantitative estimate of drug-likeness (QED) is 0.418. The largest absolute Gasteiger partial charge is 0.492 e. The fourth-order valence-corrected chi connectivity index (χ4v) is 2.70. The van der Waals surface area contributed by atoms with Crippen molar-refractivity contribution in [2.24, 2.45) is 4.99 Å². The molecule has 0 spiro atoms. The van der Waals surface area contributed by atoms with E-state index in [1.807, 2.05) is 30.3 Å². The van der Waals surface area contributed by atoms with Gasteiger partial charge in [-0.05, 0) is 25.5 Å². The van der Waals surface area contributed by atoms with Crippen molar-refractivity contribution >= 4 is 5.96 Å². The number of hydrogen-bond acceptors (Lipinski definition) is 4. The molecule has 2 rings (SSSR count). The lowest BCUT2D eigenvalue weighted by Gasteiger charge is -2.26. The smallest absolute Gasteiger partial charge is 0.193 e. The molecular formula is C19H32N4O2. The molecule has 25 heavy (non-hydrogen) atoms. The number of ether oxygens (including phenoxy) is 2. The van der Waals surface area contributed by atoms with Gasteiger partial charge in [0.1, 0.15) is 12.4 Å². The fraction of sp³-hybridized carbons (Fsp3) is 0.632. The van der Waals surface area contributed by atoms with E-state index in [0.717, 1.165) is 70.6 Å². The average molecular weight is 348 g/mol. The summed E-state index contributed by atoms with van der Waals surface area (Å²) < 4.78 is 11.1. The number of hydrogen-bond donors (Lipinski definition) is 1. The van der Waals surface area contributed by atoms with Crippen LogP contribution in [-0.4, -0.2) is 81.9 Å². The molecule has 1 saturated heterocycles. The highest BCUT2D eigenvalue weighted by Gasteiger charge is 2.09. The Bertz CT molecular complexity index is 489. The maximum absolute atomic E-state index is 5.77. The Morgan fingerprint density at radius 3 is 2.76 bits per heavy atom. The first-order valence-corrected chi connectivity index (χ1v) is 9.27. The van der Waals surface area contributed by atoms with Gasteiger partial charge in [0.25, 0.3) is 0 Å². The van der Waals surface area contributed by atoms with E-state index in [1.165, 1.54) is 0 Å². The molecule has 0 bridgehead atoms. The van der Waals surface area contributed by atoms with Crippen molar-refractivity contribution < 1.29 is 9.47 Å². The summed E-state index contributed by atoms with van der Waals surface area (Å²) in [5.74, 6) is 1.85. The predicted octanol–water partition coefficient (Wildman–Crippen LogP) is 1.69. The van der Waals surface area contributed by atoms with E-state index >= 15 is 0 Å². The van der Waals surface area contributed by atoms with Crippen LogP contribution >= 0.6 is 0 Å². The molecule has 1 N–H and O–H groups in total. The van der Waals surface area contributed by atoms with Gasteiger partial charge in [-0.25, -0.2) is 0 Å². The van der Waals surface area contributed by atoms with Crippen molar-refractivity contribution in [2.45, 2.75) is 13.3 Å². The lowest BCUT2D eigenvalue weighted by Crippen LogP contribution is -2.41. The summed E-state index contributed by atoms with van der Waals surface area (Å²) in [6.07, 6.45) is 1.07. The van der Waals surface area contributed by atoms with Gasteiger partial charge in [0, 0.05) is 39.8 Å². The number of rotatable bonds is 9. The molecule has 1 heterocycles. The molecule has 0 radical (unpaired) electrons. The summed E-state index contributed by atoms with van der Waals surface area (Å²) in [6, 6.07) is 9.92. The first kappa shape index (κ1) is 19.5. The van der Waals surface area contributed by atoms with Crippen molar-refractivity contribution in [1.29, 1.82) is 0 Å². The Labute approximate surface area is 151 Å². The Kier molecular flexibility index (Phi) is 9.15. The van der Waals surface area contributed by atoms with Crippen LogP contribution in [0.5, 0.6) is 5.75 Å². The number of benzene rings is 1. The van der Waals surface area contributed by atoms with Crippen LogP contribution in [0.2, 0.25) is 0 Å². The minimum absolute atomic E-state index is 0.638. The van der Waals surface area contributed by atoms with E-state index in [2.05, 4.69) is 29.1 Å². The van der Waals surface area contributed by atoms with Gasteiger partial charge in [-0.2, -0.15) is 0 Å². The van der Waals surface area contributed by atoms with E-state index in [0.29, 0.717) is 6.61 Å². The van der Waals surface area contributed by atoms with Crippen LogP contribution in [0.1, 0.15) is 13.3 Å². The van der Waals surface area contributed by atoms with Crippen molar-refractivity contribution in [3.05, 3.63) is 30.3 Å². The van der Waals surface area contributed by atoms with Gasteiger partial charge in [0.2, 0.25) is 0 Å². The SMILES string of the molecule is CCNC(=NCCCN1CCOCC1)N(C)CCOc1ccccc1. The van der Waals surface area contributed by atoms with Gasteiger partial charge in [0.15, 0.2) is 5.96 Å². The number of morpholine rings is 1. The predicted molar refractivity (Wildman–Crippen MR) is 102 cm³/mol. The maximum Gasteiger partial charge on any atom is 0.193 e. The molecule has 140 valence electrons. The van der Waals surface area contributed by atoms with E-state index < -0.39 is 0 Å². The van der Waals surface area contributed by atoms with Crippen LogP contribution in [0.15, 0.2) is 35.3 Å². The standard InChI is InChI=1S/C19H32N4O2/c1-3-20-19(21-10-7-11-23-13-15-24-16-14-23)22(2)12-17-25-18-8-5-4-6-9-18/h4-6,8-9H,3,7,10-17H2,1-2H3,(H,20,21). The third kappa shape index (κ3) is 7.75. The fourth-order valence-electron chi connectivity index (χ4n) is 2.70. The highest BCUT2D eigenvalue weighted by molar-refractivity contribution is 5.79. The average Bonchev–Trinajstić information content (AvgIpc) is 2.66. The second kappa shape index (κ2) is 11.7. The van der Waals surface area contributed by atoms with Gasteiger partial charge >= 0.3 is 0 Å². The van der Waals surface area contributed by atoms with Crippen LogP contribution in [0.25, 0.3) is 0 Å². The molecule has 1 aromatic carbocycles. The monoisotopic (exact) mass is 348 g/mol. The summed E-state index contributed by atoms with van der Waals surface area (Å²) >= 11 is 0. The summed E-state index contributed by atoms with van der Waals surface area (Å²) in [7, 11) is 2.05. The molecule has 0 aromatic heterocycles. The number of guanidine groups is 1. The number of nitrogens with one attached hydrogen (secondary N) is 1. The van der Waals surface area contributed by atoms with E-state index in [-0.39, 0.29) is 0 Å². The molecule has 6 heteroatoms. The zero-order chi connectivity index (χ0) is 17.7. The number of likely N-dealkylation sites (N-methyl/N-ethyl adjacent to an activating group) is 1. The van der Waals surface area contributed by atoms with Crippen molar-refractivity contribution in [2.75, 3.05) is 66.1 Å². The second-order valence-corrected chi connectivity index (χ2v) is 6.13. The van der Waals surface area contributed by atoms with Crippen molar-refractivity contribution in [3.8, 4) is 5.75 Å². The third-order valence-electron chi connectivity index (χ3n) is 4.13. The van der Waals surface area contributed by atoms with E-state index in [9.17, 15) is 0 Å². The highest BCUT2D eigenvalue weighted by atomic mass is 16.5. The normalized spacial score (nSPS) is 15.8. The molecule has 1 fully saturated rings. The Balaban J connectivity index is 1.69. The Morgan fingerprint density at radius 2 is 2.04 bits per heavy atom. The lowest BCUT2D eigenvalue weighted by atomic mass is 10.3. The number of aliphatic imine (C=N–C) groups is 1. The van der Waals surface area contributed by atoms with Gasteiger partial charge in [-0.1, -0.05) is 18.2 Å². The molecule has 0 aliphatic carbocycles. The molecule has 0 atom stereocenters. The molecule has 0 unspecified atom stereocenters. The zero-order valence-electron chi connectivity index (χ0n) is 15.6. The van der Waals surface area contributed by atoms with Crippen LogP contribution in [0.3, 0.4) is 0 Å². The molecule has 1 aliphatic heterocycles. The van der Waals surface area contributed by atoms with Gasteiger partial charge in [-0.3, -0.25) is 9.89 Å². The Hall–Kier alpha value is -1.79. The van der Waals surface area contributed by atoms with E-state index in [1.54, 1.807) is 0 Å². The lowest BCUT2D eigenvalue weighted by molar-refractivity contribution is 0.0377. The summed E-state index contributed by atoms with van der Waals surface area (Å²) in [5.41, 5.74) is 0. The molecule has 0 amide bonds. The molecular weight excluding hydrogens is 316 g/mol. The first-order valence-electron chi connectivity index (χ1n) is 9.27. The molecule has 1 aromatic rings. The number of para-hydroxylation sites is 1. The Morgan fingerprint density at radius 1 is 1.28 bits per heavy atom. The van der Waals surface area contributed by atoms with Crippen molar-refractivity contribution in [1.82, 2.24) is 15.1 Å². The van der Waals surface area contributed by atoms with Crippen LogP contribution in [0, 0.1) is 0 Å². The van der Waals surface area contributed by atoms with Crippen molar-refractivity contribution in [3.63, 3.8) is 0 Å². The minimum atomic E-state index is 0.638. The van der Waals surface area contributed by atoms with Gasteiger partial charge in [-0.15, -0.1) is 0 Å². The van der Waals surface area contributed by atoms with Crippen LogP contribution in [0.4, 0.5) is 0 Å². The van der Waals surface area contributed by atoms with Crippen LogP contribution < -0.4 is 10.1 Å². The van der Waals surface area contributed by atoms with Crippen LogP contribution in [-0.2, 0) is 4.74 Å². The van der Waals surface area contributed by atoms with Gasteiger partial charge < -0.3 is 19.7 Å². The summed E-state index contributed by atoms with van der Waals surface area (Å²) in [6.45, 7) is 10.1. The molecule has 1 aliphatic rings. The third-order valence-corrected chi connectivity index (χ3v) is 4.13. The second-order valence-electron chi connectivity index (χ2n) is 6.13. The van der Waals surface area contributed by atoms with E-state index in [4.69, 9.17) is 14.5 Å². The summed E-state index contributed by atoms with van der Waals surface area (Å²) in [4.78, 5) is 9.32. The zero-order valence-corrected chi connectivity index (χ0v) is 15.6. The van der Waals surface area contributed by atoms with Gasteiger partial charge in [0.05, 0.1) is 19.8 Å². The summed E-state index contributed by atoms with van der Waals surface area (Å²) in [5, 5.41) is 3.36. The highest BCUT2D eigenvalue weighted by Crippen LogP contribution is 2.07. The molecule has 0 saturated carbocycles. The maximum atomic E-state index is 5.77.